The van der Waals surface area contributed by atoms with Crippen LogP contribution < -0.4 is 0 Å². The Morgan fingerprint density at radius 1 is 1.25 bits per heavy atom. The summed E-state index contributed by atoms with van der Waals surface area (Å²) in [4.78, 5) is 22.2. The Balaban J connectivity index is 4.04. The summed E-state index contributed by atoms with van der Waals surface area (Å²) in [6.45, 7) is 0. The quantitative estimate of drug-likeness (QED) is 0.551. The van der Waals surface area contributed by atoms with E-state index in [1.807, 2.05) is 0 Å². The molecule has 0 radical (unpaired) electrons. The molecule has 0 aliphatic heterocycles. The van der Waals surface area contributed by atoms with Crippen molar-refractivity contribution < 1.29 is 9.59 Å². The second kappa shape index (κ2) is 5.73. The van der Waals surface area contributed by atoms with Crippen LogP contribution in [0.25, 0.3) is 0 Å². The molecular weight excluding hydrogens is 379 g/mol. The summed E-state index contributed by atoms with van der Waals surface area (Å²) in [5, 5.41) is 0. The molecule has 0 heterocycles. The van der Waals surface area contributed by atoms with E-state index in [9.17, 15) is 9.59 Å². The molecule has 0 bridgehead atoms. The van der Waals surface area contributed by atoms with Gasteiger partial charge in [-0.15, -0.1) is 11.6 Å². The van der Waals surface area contributed by atoms with Crippen molar-refractivity contribution >= 4 is 71.0 Å². The number of rotatable bonds is 4. The second-order valence-electron chi connectivity index (χ2n) is 2.04. The van der Waals surface area contributed by atoms with E-state index >= 15 is 0 Å². The molecule has 0 aromatic rings. The highest BCUT2D eigenvalue weighted by Crippen LogP contribution is 2.34. The van der Waals surface area contributed by atoms with Gasteiger partial charge in [0.1, 0.15) is 0 Å². The van der Waals surface area contributed by atoms with E-state index in [4.69, 9.17) is 11.6 Å². The van der Waals surface area contributed by atoms with Crippen LogP contribution in [0.3, 0.4) is 0 Å². The summed E-state index contributed by atoms with van der Waals surface area (Å²) in [6.07, 6.45) is 0.710. The summed E-state index contributed by atoms with van der Waals surface area (Å²) >= 11 is 14.3. The maximum absolute atomic E-state index is 11.1. The Labute approximate surface area is 101 Å². The van der Waals surface area contributed by atoms with Crippen molar-refractivity contribution in [3.8, 4) is 0 Å². The third-order valence-electron chi connectivity index (χ3n) is 1.05. The monoisotopic (exact) mass is 382 g/mol. The van der Waals surface area contributed by atoms with E-state index in [1.165, 1.54) is 0 Å². The lowest BCUT2D eigenvalue weighted by atomic mass is 10.2. The average Bonchev–Trinajstić information content (AvgIpc) is 1.97. The van der Waals surface area contributed by atoms with E-state index in [0.717, 1.165) is 0 Å². The molecule has 2 nitrogen and oxygen atoms in total. The molecule has 12 heavy (non-hydrogen) atoms. The van der Waals surface area contributed by atoms with Crippen LogP contribution in [0.15, 0.2) is 0 Å². The number of halogens is 4. The molecule has 0 saturated carbocycles. The van der Waals surface area contributed by atoms with Crippen LogP contribution in [-0.2, 0) is 9.59 Å². The van der Waals surface area contributed by atoms with Crippen LogP contribution in [0.2, 0.25) is 0 Å². The topological polar surface area (TPSA) is 34.1 Å². The molecule has 0 unspecified atom stereocenters. The zero-order valence-corrected chi connectivity index (χ0v) is 11.5. The molecular formula is C6H6Br3ClO2. The van der Waals surface area contributed by atoms with Crippen molar-refractivity contribution in [3.63, 3.8) is 0 Å². The predicted octanol–water partition coefficient (Wildman–Crippen LogP) is 2.98. The van der Waals surface area contributed by atoms with E-state index in [-0.39, 0.29) is 6.42 Å². The number of hydrogen-bond donors (Lipinski definition) is 0. The van der Waals surface area contributed by atoms with Crippen molar-refractivity contribution in [3.05, 3.63) is 0 Å². The van der Waals surface area contributed by atoms with Crippen LogP contribution in [0, 0.1) is 0 Å². The molecule has 0 saturated heterocycles. The van der Waals surface area contributed by atoms with Crippen LogP contribution in [-0.4, -0.2) is 19.6 Å². The van der Waals surface area contributed by atoms with Gasteiger partial charge < -0.3 is 0 Å². The lowest BCUT2D eigenvalue weighted by Gasteiger charge is -2.08. The third-order valence-corrected chi connectivity index (χ3v) is 2.40. The Kier molecular flexibility index (Phi) is 6.24. The fraction of sp³-hybridized carbons (Fsp3) is 0.667. The van der Waals surface area contributed by atoms with Gasteiger partial charge >= 0.3 is 0 Å². The lowest BCUT2D eigenvalue weighted by molar-refractivity contribution is -0.135. The molecule has 6 heteroatoms. The van der Waals surface area contributed by atoms with Crippen LogP contribution in [0.1, 0.15) is 12.8 Å². The summed E-state index contributed by atoms with van der Waals surface area (Å²) in [5.41, 5.74) is 0. The SMILES string of the molecule is O=C(CCCCl)C(=O)C(Br)(Br)Br. The molecule has 0 spiro atoms. The lowest BCUT2D eigenvalue weighted by Crippen LogP contribution is -2.26. The van der Waals surface area contributed by atoms with Crippen molar-refractivity contribution in [1.29, 1.82) is 0 Å². The van der Waals surface area contributed by atoms with Crippen molar-refractivity contribution in [1.82, 2.24) is 0 Å². The zero-order chi connectivity index (χ0) is 9.78. The number of ketones is 2. The summed E-state index contributed by atoms with van der Waals surface area (Å²) in [7, 11) is 0. The third kappa shape index (κ3) is 4.94. The van der Waals surface area contributed by atoms with Gasteiger partial charge in [0.05, 0.1) is 0 Å². The first-order chi connectivity index (χ1) is 5.39. The minimum atomic E-state index is -1.11. The number of Topliss-reactive ketones (excluding diaryl/α,β-unsaturated/α-hetero) is 2. The largest absolute Gasteiger partial charge is 0.291 e. The summed E-state index contributed by atoms with van der Waals surface area (Å²) in [5.74, 6) is -0.604. The average molecular weight is 385 g/mol. The highest BCUT2D eigenvalue weighted by atomic mass is 80.0. The van der Waals surface area contributed by atoms with Crippen LogP contribution in [0.4, 0.5) is 0 Å². The highest BCUT2D eigenvalue weighted by molar-refractivity contribution is 9.40. The van der Waals surface area contributed by atoms with Gasteiger partial charge in [-0.2, -0.15) is 0 Å². The normalized spacial score (nSPS) is 11.3. The predicted molar refractivity (Wildman–Crippen MR) is 59.5 cm³/mol. The number of carbonyl (C=O) groups is 2. The van der Waals surface area contributed by atoms with Gasteiger partial charge in [-0.05, 0) is 6.42 Å². The van der Waals surface area contributed by atoms with Gasteiger partial charge in [0.15, 0.2) is 2.14 Å². The number of alkyl halides is 4. The Morgan fingerprint density at radius 2 is 1.75 bits per heavy atom. The molecule has 0 aromatic carbocycles. The maximum atomic E-state index is 11.1. The van der Waals surface area contributed by atoms with E-state index in [1.54, 1.807) is 0 Å². The summed E-state index contributed by atoms with van der Waals surface area (Å²) < 4.78 is -1.11. The van der Waals surface area contributed by atoms with Crippen LogP contribution >= 0.6 is 59.4 Å². The number of hydrogen-bond acceptors (Lipinski definition) is 2. The Morgan fingerprint density at radius 3 is 2.08 bits per heavy atom. The molecule has 0 aliphatic rings. The molecule has 0 aliphatic carbocycles. The van der Waals surface area contributed by atoms with Gasteiger partial charge in [-0.3, -0.25) is 9.59 Å². The van der Waals surface area contributed by atoms with Gasteiger partial charge in [0.25, 0.3) is 0 Å². The Bertz CT molecular complexity index is 188. The first-order valence-corrected chi connectivity index (χ1v) is 6.01. The van der Waals surface area contributed by atoms with Gasteiger partial charge in [-0.25, -0.2) is 0 Å². The van der Waals surface area contributed by atoms with E-state index in [2.05, 4.69) is 47.8 Å². The van der Waals surface area contributed by atoms with E-state index in [0.29, 0.717) is 12.3 Å². The molecule has 0 atom stereocenters. The minimum Gasteiger partial charge on any atom is -0.291 e. The van der Waals surface area contributed by atoms with Crippen LogP contribution in [0.5, 0.6) is 0 Å². The molecule has 0 aromatic heterocycles. The Hall–Kier alpha value is 1.07. The van der Waals surface area contributed by atoms with Crippen molar-refractivity contribution in [2.45, 2.75) is 15.0 Å². The standard InChI is InChI=1S/C6H6Br3ClO2/c7-6(8,9)5(12)4(11)2-1-3-10/h1-3H2. The van der Waals surface area contributed by atoms with Gasteiger partial charge in [0, 0.05) is 12.3 Å². The maximum Gasteiger partial charge on any atom is 0.236 e. The first kappa shape index (κ1) is 13.1. The minimum absolute atomic E-state index is 0.187. The fourth-order valence-corrected chi connectivity index (χ4v) is 1.30. The van der Waals surface area contributed by atoms with Gasteiger partial charge in [0.2, 0.25) is 11.6 Å². The van der Waals surface area contributed by atoms with Gasteiger partial charge in [-0.1, -0.05) is 47.8 Å². The summed E-state index contributed by atoms with van der Waals surface area (Å²) in [6, 6.07) is 0. The molecule has 70 valence electrons. The van der Waals surface area contributed by atoms with E-state index < -0.39 is 13.7 Å². The van der Waals surface area contributed by atoms with Crippen molar-refractivity contribution in [2.24, 2.45) is 0 Å². The molecule has 0 rings (SSSR count). The highest BCUT2D eigenvalue weighted by Gasteiger charge is 2.33. The first-order valence-electron chi connectivity index (χ1n) is 3.10. The zero-order valence-electron chi connectivity index (χ0n) is 5.95. The molecule has 0 N–H and O–H groups in total. The smallest absolute Gasteiger partial charge is 0.236 e. The second-order valence-corrected chi connectivity index (χ2v) is 9.18. The molecule has 0 fully saturated rings. The van der Waals surface area contributed by atoms with Crippen molar-refractivity contribution in [2.75, 3.05) is 5.88 Å². The fourth-order valence-electron chi connectivity index (χ4n) is 0.499. The number of carbonyl (C=O) groups excluding carboxylic acids is 2. The molecule has 0 amide bonds.